The van der Waals surface area contributed by atoms with E-state index in [4.69, 9.17) is 9.47 Å². The number of nitrogens with zero attached hydrogens (tertiary/aromatic N) is 1. The molecule has 1 atom stereocenters. The summed E-state index contributed by atoms with van der Waals surface area (Å²) >= 11 is 0. The molecule has 0 saturated carbocycles. The molecule has 0 bridgehead atoms. The van der Waals surface area contributed by atoms with Gasteiger partial charge in [-0.3, -0.25) is 14.5 Å². The van der Waals surface area contributed by atoms with Crippen LogP contribution in [0.3, 0.4) is 0 Å². The van der Waals surface area contributed by atoms with Crippen molar-refractivity contribution in [3.05, 3.63) is 95.6 Å². The largest absolute Gasteiger partial charge is 0.486 e. The van der Waals surface area contributed by atoms with E-state index in [1.54, 1.807) is 30.3 Å². The maximum atomic E-state index is 13.7. The van der Waals surface area contributed by atoms with Gasteiger partial charge in [-0.2, -0.15) is 0 Å². The number of hydrogen-bond acceptors (Lipinski definition) is 5. The molecule has 2 aliphatic heterocycles. The molecule has 0 unspecified atom stereocenters. The highest BCUT2D eigenvalue weighted by atomic mass is 16.6. The number of nitrogens with one attached hydrogen (secondary N) is 2. The number of fused-ring (bicyclic) bond motifs is 1. The van der Waals surface area contributed by atoms with Crippen molar-refractivity contribution in [1.82, 2.24) is 15.5 Å². The third-order valence-electron chi connectivity index (χ3n) is 6.26. The number of carbonyl (C=O) groups is 3. The Hall–Kier alpha value is -4.33. The predicted molar refractivity (Wildman–Crippen MR) is 128 cm³/mol. The number of rotatable bonds is 6. The molecular weight excluding hydrogens is 446 g/mol. The number of carbonyl (C=O) groups excluding carboxylic acids is 3. The molecule has 178 valence electrons. The number of ether oxygens (including phenoxy) is 2. The van der Waals surface area contributed by atoms with E-state index >= 15 is 0 Å². The van der Waals surface area contributed by atoms with Crippen LogP contribution in [0, 0.1) is 0 Å². The molecule has 0 aromatic heterocycles. The van der Waals surface area contributed by atoms with E-state index in [9.17, 15) is 14.4 Å². The maximum absolute atomic E-state index is 13.7. The molecule has 3 aromatic carbocycles. The van der Waals surface area contributed by atoms with Gasteiger partial charge < -0.3 is 20.1 Å². The van der Waals surface area contributed by atoms with E-state index in [0.717, 1.165) is 10.5 Å². The number of amides is 4. The first-order valence-corrected chi connectivity index (χ1v) is 11.4. The Morgan fingerprint density at radius 2 is 1.54 bits per heavy atom. The second-order valence-corrected chi connectivity index (χ2v) is 8.50. The van der Waals surface area contributed by atoms with Gasteiger partial charge in [-0.1, -0.05) is 66.7 Å². The summed E-state index contributed by atoms with van der Waals surface area (Å²) in [7, 11) is 0. The molecule has 0 radical (unpaired) electrons. The van der Waals surface area contributed by atoms with Crippen molar-refractivity contribution < 1.29 is 23.9 Å². The number of urea groups is 1. The highest BCUT2D eigenvalue weighted by Crippen LogP contribution is 2.36. The molecule has 8 heteroatoms. The van der Waals surface area contributed by atoms with Crippen LogP contribution in [0.15, 0.2) is 78.9 Å². The molecule has 0 spiro atoms. The standard InChI is InChI=1S/C27H25N3O5/c1-18(19-12-13-22-23(16-19)35-15-14-34-22)28-24(31)17-30-25(32)27(29-26(30)33,20-8-4-2-5-9-20)21-10-6-3-7-11-21/h2-13,16,18H,14-15,17H2,1H3,(H,28,31)(H,29,33)/t18-/m0/s1. The lowest BCUT2D eigenvalue weighted by atomic mass is 9.82. The molecule has 2 N–H and O–H groups in total. The van der Waals surface area contributed by atoms with Crippen LogP contribution in [0.4, 0.5) is 4.79 Å². The van der Waals surface area contributed by atoms with Crippen LogP contribution < -0.4 is 20.1 Å². The van der Waals surface area contributed by atoms with E-state index in [2.05, 4.69) is 10.6 Å². The summed E-state index contributed by atoms with van der Waals surface area (Å²) < 4.78 is 11.2. The van der Waals surface area contributed by atoms with Gasteiger partial charge in [-0.05, 0) is 35.7 Å². The topological polar surface area (TPSA) is 97.0 Å². The summed E-state index contributed by atoms with van der Waals surface area (Å²) in [6, 6.07) is 22.6. The van der Waals surface area contributed by atoms with E-state index in [1.807, 2.05) is 55.5 Å². The monoisotopic (exact) mass is 471 g/mol. The van der Waals surface area contributed by atoms with Gasteiger partial charge in [0.15, 0.2) is 17.0 Å². The Balaban J connectivity index is 1.35. The van der Waals surface area contributed by atoms with Gasteiger partial charge in [-0.15, -0.1) is 0 Å². The first-order chi connectivity index (χ1) is 17.0. The third-order valence-corrected chi connectivity index (χ3v) is 6.26. The van der Waals surface area contributed by atoms with Crippen molar-refractivity contribution in [2.75, 3.05) is 19.8 Å². The second-order valence-electron chi connectivity index (χ2n) is 8.50. The number of hydrogen-bond donors (Lipinski definition) is 2. The average Bonchev–Trinajstić information content (AvgIpc) is 3.15. The Morgan fingerprint density at radius 3 is 2.17 bits per heavy atom. The van der Waals surface area contributed by atoms with Gasteiger partial charge in [-0.25, -0.2) is 4.79 Å². The van der Waals surface area contributed by atoms with Crippen LogP contribution in [0.5, 0.6) is 11.5 Å². The van der Waals surface area contributed by atoms with Crippen LogP contribution in [-0.2, 0) is 15.1 Å². The van der Waals surface area contributed by atoms with Crippen molar-refractivity contribution in [1.29, 1.82) is 0 Å². The van der Waals surface area contributed by atoms with Gasteiger partial charge >= 0.3 is 6.03 Å². The highest BCUT2D eigenvalue weighted by molar-refractivity contribution is 6.11. The summed E-state index contributed by atoms with van der Waals surface area (Å²) in [4.78, 5) is 40.6. The van der Waals surface area contributed by atoms with E-state index in [-0.39, 0.29) is 6.04 Å². The molecule has 3 aromatic rings. The lowest BCUT2D eigenvalue weighted by Gasteiger charge is -2.28. The zero-order chi connectivity index (χ0) is 24.4. The molecule has 2 heterocycles. The van der Waals surface area contributed by atoms with Crippen molar-refractivity contribution in [2.45, 2.75) is 18.5 Å². The Morgan fingerprint density at radius 1 is 0.943 bits per heavy atom. The first kappa shape index (κ1) is 22.5. The minimum absolute atomic E-state index is 0.368. The molecule has 8 nitrogen and oxygen atoms in total. The predicted octanol–water partition coefficient (Wildman–Crippen LogP) is 3.13. The highest BCUT2D eigenvalue weighted by Gasteiger charge is 2.54. The normalized spacial score (nSPS) is 17.0. The summed E-state index contributed by atoms with van der Waals surface area (Å²) in [5.41, 5.74) is 0.665. The van der Waals surface area contributed by atoms with Crippen molar-refractivity contribution >= 4 is 17.8 Å². The molecular formula is C27H25N3O5. The lowest BCUT2D eigenvalue weighted by molar-refractivity contribution is -0.134. The van der Waals surface area contributed by atoms with Crippen LogP contribution in [0.1, 0.15) is 29.7 Å². The summed E-state index contributed by atoms with van der Waals surface area (Å²) in [6.45, 7) is 2.39. The van der Waals surface area contributed by atoms with E-state index in [0.29, 0.717) is 35.8 Å². The molecule has 1 saturated heterocycles. The maximum Gasteiger partial charge on any atom is 0.326 e. The Kier molecular flexibility index (Phi) is 5.86. The fourth-order valence-corrected chi connectivity index (χ4v) is 4.50. The zero-order valence-electron chi connectivity index (χ0n) is 19.2. The van der Waals surface area contributed by atoms with Crippen LogP contribution in [0.25, 0.3) is 0 Å². The van der Waals surface area contributed by atoms with Gasteiger partial charge in [0.25, 0.3) is 5.91 Å². The van der Waals surface area contributed by atoms with Gasteiger partial charge in [0.1, 0.15) is 19.8 Å². The average molecular weight is 472 g/mol. The quantitative estimate of drug-likeness (QED) is 0.539. The summed E-state index contributed by atoms with van der Waals surface area (Å²) in [5, 5.41) is 5.72. The number of imide groups is 1. The molecule has 0 aliphatic carbocycles. The fourth-order valence-electron chi connectivity index (χ4n) is 4.50. The molecule has 4 amide bonds. The SMILES string of the molecule is C[C@H](NC(=O)CN1C(=O)NC(c2ccccc2)(c2ccccc2)C1=O)c1ccc2c(c1)OCCO2. The van der Waals surface area contributed by atoms with Gasteiger partial charge in [0.2, 0.25) is 5.91 Å². The van der Waals surface area contributed by atoms with E-state index in [1.165, 1.54) is 0 Å². The van der Waals surface area contributed by atoms with Crippen LogP contribution in [-0.4, -0.2) is 42.5 Å². The minimum atomic E-state index is -1.40. The van der Waals surface area contributed by atoms with Crippen molar-refractivity contribution in [2.24, 2.45) is 0 Å². The Labute approximate surface area is 202 Å². The first-order valence-electron chi connectivity index (χ1n) is 11.4. The molecule has 2 aliphatic rings. The molecule has 5 rings (SSSR count). The fraction of sp³-hybridized carbons (Fsp3) is 0.222. The van der Waals surface area contributed by atoms with Gasteiger partial charge in [0, 0.05) is 0 Å². The number of benzene rings is 3. The van der Waals surface area contributed by atoms with Crippen molar-refractivity contribution in [3.63, 3.8) is 0 Å². The smallest absolute Gasteiger partial charge is 0.326 e. The summed E-state index contributed by atoms with van der Waals surface area (Å²) in [6.07, 6.45) is 0. The molecule has 35 heavy (non-hydrogen) atoms. The zero-order valence-corrected chi connectivity index (χ0v) is 19.2. The van der Waals surface area contributed by atoms with Gasteiger partial charge in [0.05, 0.1) is 6.04 Å². The van der Waals surface area contributed by atoms with Crippen molar-refractivity contribution in [3.8, 4) is 11.5 Å². The lowest BCUT2D eigenvalue weighted by Crippen LogP contribution is -2.46. The second kappa shape index (κ2) is 9.13. The third kappa shape index (κ3) is 4.07. The van der Waals surface area contributed by atoms with E-state index < -0.39 is 29.9 Å². The molecule has 1 fully saturated rings. The van der Waals surface area contributed by atoms with Crippen LogP contribution >= 0.6 is 0 Å². The minimum Gasteiger partial charge on any atom is -0.486 e. The van der Waals surface area contributed by atoms with Crippen LogP contribution in [0.2, 0.25) is 0 Å². The summed E-state index contributed by atoms with van der Waals surface area (Å²) in [5.74, 6) is 0.338. The Bertz CT molecular complexity index is 1220.